The molecule has 0 unspecified atom stereocenters. The molecule has 2 aromatic rings. The predicted molar refractivity (Wildman–Crippen MR) is 82.4 cm³/mol. The van der Waals surface area contributed by atoms with E-state index in [4.69, 9.17) is 4.74 Å². The van der Waals surface area contributed by atoms with Crippen molar-refractivity contribution in [1.82, 2.24) is 19.9 Å². The summed E-state index contributed by atoms with van der Waals surface area (Å²) in [5.41, 5.74) is 0.576. The maximum absolute atomic E-state index is 12.4. The van der Waals surface area contributed by atoms with Crippen LogP contribution in [0.25, 0.3) is 0 Å². The van der Waals surface area contributed by atoms with E-state index < -0.39 is 0 Å². The molecule has 1 atom stereocenters. The monoisotopic (exact) mass is 302 g/mol. The van der Waals surface area contributed by atoms with Crippen LogP contribution in [0.3, 0.4) is 0 Å². The van der Waals surface area contributed by atoms with E-state index in [0.29, 0.717) is 11.6 Å². The molecule has 0 saturated carbocycles. The SMILES string of the molecule is CCn1ccnc1[C@@H](NC(=O)c1ccc[nH]1)C1CCOCC1. The third kappa shape index (κ3) is 3.06. The van der Waals surface area contributed by atoms with Crippen molar-refractivity contribution in [2.75, 3.05) is 13.2 Å². The Kier molecular flexibility index (Phi) is 4.58. The van der Waals surface area contributed by atoms with Crippen molar-refractivity contribution < 1.29 is 9.53 Å². The van der Waals surface area contributed by atoms with Gasteiger partial charge in [-0.05, 0) is 37.8 Å². The number of hydrogen-bond acceptors (Lipinski definition) is 3. The van der Waals surface area contributed by atoms with Gasteiger partial charge in [0, 0.05) is 38.3 Å². The van der Waals surface area contributed by atoms with Gasteiger partial charge in [0.25, 0.3) is 5.91 Å². The van der Waals surface area contributed by atoms with Crippen LogP contribution in [0.15, 0.2) is 30.7 Å². The van der Waals surface area contributed by atoms with Crippen molar-refractivity contribution in [3.8, 4) is 0 Å². The lowest BCUT2D eigenvalue weighted by Crippen LogP contribution is -2.37. The second kappa shape index (κ2) is 6.79. The second-order valence-electron chi connectivity index (χ2n) is 5.56. The molecule has 0 spiro atoms. The van der Waals surface area contributed by atoms with Gasteiger partial charge in [-0.1, -0.05) is 0 Å². The Bertz CT molecular complexity index is 599. The van der Waals surface area contributed by atoms with E-state index in [0.717, 1.165) is 38.4 Å². The number of hydrogen-bond donors (Lipinski definition) is 2. The number of H-pyrrole nitrogens is 1. The smallest absolute Gasteiger partial charge is 0.268 e. The molecule has 1 fully saturated rings. The minimum absolute atomic E-state index is 0.0883. The molecule has 118 valence electrons. The summed E-state index contributed by atoms with van der Waals surface area (Å²) >= 11 is 0. The molecule has 1 saturated heterocycles. The number of aromatic amines is 1. The molecule has 6 nitrogen and oxygen atoms in total. The fraction of sp³-hybridized carbons (Fsp3) is 0.500. The minimum Gasteiger partial charge on any atom is -0.381 e. The molecule has 1 aliphatic heterocycles. The van der Waals surface area contributed by atoms with Crippen LogP contribution in [0.4, 0.5) is 0 Å². The molecule has 0 radical (unpaired) electrons. The summed E-state index contributed by atoms with van der Waals surface area (Å²) in [5, 5.41) is 3.16. The number of ether oxygens (including phenoxy) is 1. The molecule has 1 amide bonds. The zero-order valence-electron chi connectivity index (χ0n) is 12.8. The summed E-state index contributed by atoms with van der Waals surface area (Å²) in [6.07, 6.45) is 7.39. The van der Waals surface area contributed by atoms with Crippen LogP contribution in [0.1, 0.15) is 42.1 Å². The molecule has 0 bridgehead atoms. The summed E-state index contributed by atoms with van der Waals surface area (Å²) in [6.45, 7) is 4.41. The number of aromatic nitrogens is 3. The highest BCUT2D eigenvalue weighted by Crippen LogP contribution is 2.29. The minimum atomic E-state index is -0.0906. The highest BCUT2D eigenvalue weighted by molar-refractivity contribution is 5.92. The van der Waals surface area contributed by atoms with Gasteiger partial charge in [0.2, 0.25) is 0 Å². The summed E-state index contributed by atoms with van der Waals surface area (Å²) in [5.74, 6) is 1.18. The third-order valence-electron chi connectivity index (χ3n) is 4.23. The lowest BCUT2D eigenvalue weighted by molar-refractivity contribution is 0.0497. The van der Waals surface area contributed by atoms with E-state index >= 15 is 0 Å². The zero-order chi connectivity index (χ0) is 15.4. The van der Waals surface area contributed by atoms with Crippen LogP contribution in [0.5, 0.6) is 0 Å². The zero-order valence-corrected chi connectivity index (χ0v) is 12.8. The van der Waals surface area contributed by atoms with E-state index in [2.05, 4.69) is 26.8 Å². The summed E-state index contributed by atoms with van der Waals surface area (Å²) in [7, 11) is 0. The van der Waals surface area contributed by atoms with E-state index in [1.807, 2.05) is 12.3 Å². The first-order chi connectivity index (χ1) is 10.8. The Morgan fingerprint density at radius 1 is 1.55 bits per heavy atom. The highest BCUT2D eigenvalue weighted by Gasteiger charge is 2.30. The molecule has 6 heteroatoms. The number of carbonyl (C=O) groups is 1. The van der Waals surface area contributed by atoms with Gasteiger partial charge in [-0.25, -0.2) is 4.98 Å². The van der Waals surface area contributed by atoms with Gasteiger partial charge in [-0.2, -0.15) is 0 Å². The number of nitrogens with zero attached hydrogens (tertiary/aromatic N) is 2. The molecule has 2 N–H and O–H groups in total. The lowest BCUT2D eigenvalue weighted by atomic mass is 9.91. The molecular weight excluding hydrogens is 280 g/mol. The van der Waals surface area contributed by atoms with Gasteiger partial charge in [-0.3, -0.25) is 4.79 Å². The third-order valence-corrected chi connectivity index (χ3v) is 4.23. The first kappa shape index (κ1) is 14.8. The van der Waals surface area contributed by atoms with E-state index in [-0.39, 0.29) is 11.9 Å². The number of aryl methyl sites for hydroxylation is 1. The topological polar surface area (TPSA) is 71.9 Å². The van der Waals surface area contributed by atoms with Crippen molar-refractivity contribution in [2.24, 2.45) is 5.92 Å². The summed E-state index contributed by atoms with van der Waals surface area (Å²) in [4.78, 5) is 19.9. The van der Waals surface area contributed by atoms with Crippen LogP contribution >= 0.6 is 0 Å². The first-order valence-corrected chi connectivity index (χ1v) is 7.82. The van der Waals surface area contributed by atoms with Gasteiger partial charge < -0.3 is 19.6 Å². The molecule has 3 rings (SSSR count). The average molecular weight is 302 g/mol. The summed E-state index contributed by atoms with van der Waals surface area (Å²) in [6, 6.07) is 3.52. The Morgan fingerprint density at radius 3 is 3.05 bits per heavy atom. The Hall–Kier alpha value is -2.08. The maximum atomic E-state index is 12.4. The molecule has 2 aromatic heterocycles. The van der Waals surface area contributed by atoms with Crippen LogP contribution in [0.2, 0.25) is 0 Å². The number of carbonyl (C=O) groups excluding carboxylic acids is 1. The fourth-order valence-electron chi connectivity index (χ4n) is 3.00. The van der Waals surface area contributed by atoms with Crippen molar-refractivity contribution in [3.63, 3.8) is 0 Å². The van der Waals surface area contributed by atoms with Crippen LogP contribution in [-0.4, -0.2) is 33.7 Å². The fourth-order valence-corrected chi connectivity index (χ4v) is 3.00. The predicted octanol–water partition coefficient (Wildman–Crippen LogP) is 2.13. The van der Waals surface area contributed by atoms with E-state index in [9.17, 15) is 4.79 Å². The largest absolute Gasteiger partial charge is 0.381 e. The molecule has 22 heavy (non-hydrogen) atoms. The van der Waals surface area contributed by atoms with E-state index in [1.54, 1.807) is 18.5 Å². The molecule has 0 aromatic carbocycles. The number of nitrogens with one attached hydrogen (secondary N) is 2. The number of rotatable bonds is 5. The summed E-state index contributed by atoms with van der Waals surface area (Å²) < 4.78 is 7.55. The van der Waals surface area contributed by atoms with Crippen LogP contribution < -0.4 is 5.32 Å². The van der Waals surface area contributed by atoms with Crippen molar-refractivity contribution in [3.05, 3.63) is 42.2 Å². The molecule has 3 heterocycles. The lowest BCUT2D eigenvalue weighted by Gasteiger charge is -2.30. The van der Waals surface area contributed by atoms with E-state index in [1.165, 1.54) is 0 Å². The molecular formula is C16H22N4O2. The van der Waals surface area contributed by atoms with Crippen molar-refractivity contribution in [2.45, 2.75) is 32.4 Å². The van der Waals surface area contributed by atoms with Gasteiger partial charge in [0.1, 0.15) is 11.5 Å². The van der Waals surface area contributed by atoms with Crippen molar-refractivity contribution in [1.29, 1.82) is 0 Å². The maximum Gasteiger partial charge on any atom is 0.268 e. The molecule has 1 aliphatic rings. The van der Waals surface area contributed by atoms with Gasteiger partial charge >= 0.3 is 0 Å². The van der Waals surface area contributed by atoms with Gasteiger partial charge in [-0.15, -0.1) is 0 Å². The molecule has 0 aliphatic carbocycles. The standard InChI is InChI=1S/C16H22N4O2/c1-2-20-9-8-18-15(20)14(12-5-10-22-11-6-12)19-16(21)13-4-3-7-17-13/h3-4,7-9,12,14,17H,2,5-6,10-11H2,1H3,(H,19,21)/t14-/m0/s1. The van der Waals surface area contributed by atoms with Crippen LogP contribution in [-0.2, 0) is 11.3 Å². The Labute approximate surface area is 129 Å². The number of imidazole rings is 1. The van der Waals surface area contributed by atoms with Gasteiger partial charge in [0.15, 0.2) is 0 Å². The first-order valence-electron chi connectivity index (χ1n) is 7.82. The quantitative estimate of drug-likeness (QED) is 0.888. The second-order valence-corrected chi connectivity index (χ2v) is 5.56. The highest BCUT2D eigenvalue weighted by atomic mass is 16.5. The Morgan fingerprint density at radius 2 is 2.36 bits per heavy atom. The normalized spacial score (nSPS) is 17.3. The van der Waals surface area contributed by atoms with Gasteiger partial charge in [0.05, 0.1) is 6.04 Å². The van der Waals surface area contributed by atoms with Crippen LogP contribution in [0, 0.1) is 5.92 Å². The van der Waals surface area contributed by atoms with Crippen molar-refractivity contribution >= 4 is 5.91 Å². The average Bonchev–Trinajstić information content (AvgIpc) is 3.24. The Balaban J connectivity index is 1.84. The number of amides is 1.